The molecule has 20 heavy (non-hydrogen) atoms. The Labute approximate surface area is 131 Å². The van der Waals surface area contributed by atoms with Gasteiger partial charge in [0.1, 0.15) is 5.75 Å². The average molecular weight is 321 g/mol. The quantitative estimate of drug-likeness (QED) is 0.724. The zero-order chi connectivity index (χ0) is 14.1. The highest BCUT2D eigenvalue weighted by atomic mass is 35.5. The molecule has 0 bridgehead atoms. The number of nitrogens with one attached hydrogen (secondary N) is 1. The van der Waals surface area contributed by atoms with Gasteiger partial charge in [-0.05, 0) is 31.0 Å². The van der Waals surface area contributed by atoms with Gasteiger partial charge in [0.25, 0.3) is 0 Å². The molecule has 0 heterocycles. The predicted octanol–water partition coefficient (Wildman–Crippen LogP) is 2.63. The van der Waals surface area contributed by atoms with E-state index in [1.54, 1.807) is 6.07 Å². The summed E-state index contributed by atoms with van der Waals surface area (Å²) < 4.78 is 5.50. The molecular formula is C14H22Cl2N2O2. The smallest absolute Gasteiger partial charge is 0.220 e. The number of rotatable bonds is 8. The molecule has 1 atom stereocenters. The van der Waals surface area contributed by atoms with Crippen LogP contribution < -0.4 is 15.8 Å². The molecule has 1 unspecified atom stereocenters. The first kappa shape index (κ1) is 19.0. The molecule has 4 nitrogen and oxygen atoms in total. The van der Waals surface area contributed by atoms with Crippen molar-refractivity contribution in [3.63, 3.8) is 0 Å². The van der Waals surface area contributed by atoms with Gasteiger partial charge in [-0.2, -0.15) is 0 Å². The summed E-state index contributed by atoms with van der Waals surface area (Å²) in [6.45, 7) is 3.68. The van der Waals surface area contributed by atoms with E-state index < -0.39 is 0 Å². The van der Waals surface area contributed by atoms with E-state index in [1.807, 2.05) is 25.1 Å². The van der Waals surface area contributed by atoms with Crippen LogP contribution in [0.3, 0.4) is 0 Å². The van der Waals surface area contributed by atoms with Crippen LogP contribution in [0.4, 0.5) is 0 Å². The van der Waals surface area contributed by atoms with E-state index in [2.05, 4.69) is 5.32 Å². The van der Waals surface area contributed by atoms with Gasteiger partial charge >= 0.3 is 0 Å². The predicted molar refractivity (Wildman–Crippen MR) is 84.7 cm³/mol. The third-order valence-electron chi connectivity index (χ3n) is 2.69. The summed E-state index contributed by atoms with van der Waals surface area (Å²) in [5, 5.41) is 3.43. The highest BCUT2D eigenvalue weighted by Crippen LogP contribution is 2.23. The van der Waals surface area contributed by atoms with Crippen LogP contribution >= 0.6 is 24.0 Å². The zero-order valence-electron chi connectivity index (χ0n) is 11.6. The largest absolute Gasteiger partial charge is 0.492 e. The molecule has 0 saturated carbocycles. The van der Waals surface area contributed by atoms with Crippen LogP contribution in [-0.2, 0) is 4.79 Å². The number of benzene rings is 1. The number of amides is 1. The van der Waals surface area contributed by atoms with Crippen molar-refractivity contribution in [3.8, 4) is 5.75 Å². The molecule has 1 amide bonds. The van der Waals surface area contributed by atoms with Crippen molar-refractivity contribution in [2.45, 2.75) is 19.8 Å². The van der Waals surface area contributed by atoms with Crippen LogP contribution in [0.25, 0.3) is 0 Å². The molecule has 0 aliphatic rings. The molecule has 1 aromatic carbocycles. The molecule has 0 aliphatic carbocycles. The van der Waals surface area contributed by atoms with Crippen LogP contribution in [0.2, 0.25) is 5.02 Å². The van der Waals surface area contributed by atoms with Gasteiger partial charge in [0.05, 0.1) is 11.6 Å². The maximum Gasteiger partial charge on any atom is 0.220 e. The molecule has 0 fully saturated rings. The lowest BCUT2D eigenvalue weighted by atomic mass is 10.2. The van der Waals surface area contributed by atoms with Crippen LogP contribution in [0, 0.1) is 5.92 Å². The van der Waals surface area contributed by atoms with Crippen molar-refractivity contribution in [2.75, 3.05) is 19.7 Å². The Balaban J connectivity index is 0.00000361. The number of carbonyl (C=O) groups is 1. The molecule has 1 rings (SSSR count). The number of carbonyl (C=O) groups excluding carboxylic acids is 1. The fourth-order valence-corrected chi connectivity index (χ4v) is 1.63. The fourth-order valence-electron chi connectivity index (χ4n) is 1.44. The number of nitrogens with two attached hydrogens (primary N) is 1. The van der Waals surface area contributed by atoms with Crippen LogP contribution in [0.1, 0.15) is 19.8 Å². The number of hydrogen-bond acceptors (Lipinski definition) is 3. The number of hydrogen-bond donors (Lipinski definition) is 2. The van der Waals surface area contributed by atoms with Crippen molar-refractivity contribution >= 4 is 29.9 Å². The summed E-state index contributed by atoms with van der Waals surface area (Å²) in [6.07, 6.45) is 1.11. The van der Waals surface area contributed by atoms with Crippen LogP contribution in [0.15, 0.2) is 24.3 Å². The van der Waals surface area contributed by atoms with Crippen molar-refractivity contribution in [3.05, 3.63) is 29.3 Å². The minimum Gasteiger partial charge on any atom is -0.492 e. The van der Waals surface area contributed by atoms with Gasteiger partial charge in [0, 0.05) is 13.0 Å². The summed E-state index contributed by atoms with van der Waals surface area (Å²) in [4.78, 5) is 11.5. The molecule has 0 aliphatic heterocycles. The second-order valence-electron chi connectivity index (χ2n) is 4.53. The van der Waals surface area contributed by atoms with Crippen LogP contribution in [-0.4, -0.2) is 25.6 Å². The van der Waals surface area contributed by atoms with Gasteiger partial charge in [-0.15, -0.1) is 12.4 Å². The van der Waals surface area contributed by atoms with E-state index in [0.29, 0.717) is 49.2 Å². The first-order valence-electron chi connectivity index (χ1n) is 6.47. The van der Waals surface area contributed by atoms with Gasteiger partial charge in [-0.25, -0.2) is 0 Å². The molecule has 3 N–H and O–H groups in total. The van der Waals surface area contributed by atoms with Gasteiger partial charge in [-0.1, -0.05) is 30.7 Å². The van der Waals surface area contributed by atoms with E-state index in [9.17, 15) is 4.79 Å². The van der Waals surface area contributed by atoms with E-state index in [0.717, 1.165) is 0 Å². The Bertz CT molecular complexity index is 403. The molecule has 1 aromatic rings. The lowest BCUT2D eigenvalue weighted by Gasteiger charge is -2.10. The lowest BCUT2D eigenvalue weighted by molar-refractivity contribution is -0.121. The molecule has 114 valence electrons. The third kappa shape index (κ3) is 7.58. The number of para-hydroxylation sites is 1. The zero-order valence-corrected chi connectivity index (χ0v) is 13.2. The Hall–Kier alpha value is -0.970. The highest BCUT2D eigenvalue weighted by molar-refractivity contribution is 6.32. The first-order valence-corrected chi connectivity index (χ1v) is 6.85. The van der Waals surface area contributed by atoms with Crippen molar-refractivity contribution < 1.29 is 9.53 Å². The molecule has 0 radical (unpaired) electrons. The lowest BCUT2D eigenvalue weighted by Crippen LogP contribution is -2.31. The SMILES string of the molecule is CC(CN)CNC(=O)CCCOc1ccccc1Cl.Cl. The maximum absolute atomic E-state index is 11.5. The Morgan fingerprint density at radius 2 is 2.15 bits per heavy atom. The van der Waals surface area contributed by atoms with Crippen LogP contribution in [0.5, 0.6) is 5.75 Å². The number of halogens is 2. The first-order chi connectivity index (χ1) is 9.13. The molecule has 0 spiro atoms. The number of ether oxygens (including phenoxy) is 1. The van der Waals surface area contributed by atoms with E-state index >= 15 is 0 Å². The van der Waals surface area contributed by atoms with E-state index in [1.165, 1.54) is 0 Å². The topological polar surface area (TPSA) is 64.3 Å². The summed E-state index contributed by atoms with van der Waals surface area (Å²) >= 11 is 5.95. The standard InChI is InChI=1S/C14H21ClN2O2.ClH/c1-11(9-16)10-17-14(18)7-4-8-19-13-6-3-2-5-12(13)15;/h2-3,5-6,11H,4,7-10,16H2,1H3,(H,17,18);1H. The second-order valence-corrected chi connectivity index (χ2v) is 4.93. The summed E-state index contributed by atoms with van der Waals surface area (Å²) in [5.74, 6) is 0.993. The van der Waals surface area contributed by atoms with Crippen molar-refractivity contribution in [1.29, 1.82) is 0 Å². The second kappa shape index (κ2) is 10.8. The van der Waals surface area contributed by atoms with E-state index in [4.69, 9.17) is 22.1 Å². The fraction of sp³-hybridized carbons (Fsp3) is 0.500. The Kier molecular flexibility index (Phi) is 10.3. The minimum atomic E-state index is 0. The van der Waals surface area contributed by atoms with Gasteiger partial charge in [-0.3, -0.25) is 4.79 Å². The molecular weight excluding hydrogens is 299 g/mol. The van der Waals surface area contributed by atoms with Crippen molar-refractivity contribution in [2.24, 2.45) is 11.7 Å². The molecule has 0 saturated heterocycles. The highest BCUT2D eigenvalue weighted by Gasteiger charge is 2.05. The molecule has 0 aromatic heterocycles. The van der Waals surface area contributed by atoms with E-state index in [-0.39, 0.29) is 18.3 Å². The normalized spacial score (nSPS) is 11.3. The average Bonchev–Trinajstić information content (AvgIpc) is 2.42. The Morgan fingerprint density at radius 3 is 2.80 bits per heavy atom. The molecule has 6 heteroatoms. The van der Waals surface area contributed by atoms with Crippen molar-refractivity contribution in [1.82, 2.24) is 5.32 Å². The minimum absolute atomic E-state index is 0. The summed E-state index contributed by atoms with van der Waals surface area (Å²) in [5.41, 5.74) is 5.47. The van der Waals surface area contributed by atoms with Gasteiger partial charge < -0.3 is 15.8 Å². The van der Waals surface area contributed by atoms with Gasteiger partial charge in [0.15, 0.2) is 0 Å². The summed E-state index contributed by atoms with van der Waals surface area (Å²) in [6, 6.07) is 7.30. The Morgan fingerprint density at radius 1 is 1.45 bits per heavy atom. The maximum atomic E-state index is 11.5. The monoisotopic (exact) mass is 320 g/mol. The summed E-state index contributed by atoms with van der Waals surface area (Å²) in [7, 11) is 0. The van der Waals surface area contributed by atoms with Gasteiger partial charge in [0.2, 0.25) is 5.91 Å². The third-order valence-corrected chi connectivity index (χ3v) is 3.00.